The van der Waals surface area contributed by atoms with Gasteiger partial charge in [0, 0.05) is 58.4 Å². The number of fused-ring (bicyclic) bond motifs is 1. The topological polar surface area (TPSA) is 61.1 Å². The molecule has 4 rings (SSSR count). The molecule has 0 spiro atoms. The van der Waals surface area contributed by atoms with E-state index in [-0.39, 0.29) is 24.0 Å². The number of hydrogen-bond acceptors (Lipinski definition) is 4. The minimum absolute atomic E-state index is 0. The van der Waals surface area contributed by atoms with Crippen LogP contribution in [0.4, 0.5) is 0 Å². The number of piperazine rings is 1. The van der Waals surface area contributed by atoms with E-state index in [1.54, 1.807) is 0 Å². The van der Waals surface area contributed by atoms with Gasteiger partial charge in [0.25, 0.3) is 0 Å². The monoisotopic (exact) mass is 553 g/mol. The standard InChI is InChI=1S/C24H39N7.HI/c1-19(2)20-9-11-21(12-10-20)29-15-17-30(18-16-29)24(25-3)26-13-6-8-23-28-27-22-7-4-5-14-31(22)23;/h4-5,7,14,19-21H,6,8-13,15-18H2,1-3H3,(H,25,26);1H. The van der Waals surface area contributed by atoms with E-state index in [1.807, 2.05) is 31.4 Å². The number of guanidine groups is 1. The Hall–Kier alpha value is -1.42. The summed E-state index contributed by atoms with van der Waals surface area (Å²) < 4.78 is 2.07. The van der Waals surface area contributed by atoms with E-state index in [0.717, 1.165) is 80.9 Å². The number of halogens is 1. The third-order valence-electron chi connectivity index (χ3n) is 7.27. The van der Waals surface area contributed by atoms with Crippen LogP contribution < -0.4 is 5.32 Å². The lowest BCUT2D eigenvalue weighted by Gasteiger charge is -2.43. The van der Waals surface area contributed by atoms with Crippen molar-refractivity contribution in [3.63, 3.8) is 0 Å². The minimum atomic E-state index is 0. The fourth-order valence-corrected chi connectivity index (χ4v) is 5.27. The second-order valence-electron chi connectivity index (χ2n) is 9.46. The SMILES string of the molecule is CN=C(NCCCc1nnc2ccccn12)N1CCN(C2CCC(C(C)C)CC2)CC1.I. The van der Waals surface area contributed by atoms with Crippen molar-refractivity contribution in [2.24, 2.45) is 16.8 Å². The molecule has 1 saturated heterocycles. The lowest BCUT2D eigenvalue weighted by molar-refractivity contribution is 0.0864. The molecule has 2 aliphatic rings. The van der Waals surface area contributed by atoms with Crippen LogP contribution in [0.5, 0.6) is 0 Å². The van der Waals surface area contributed by atoms with Crippen LogP contribution in [0.2, 0.25) is 0 Å². The first-order chi connectivity index (χ1) is 15.2. The molecule has 2 aromatic heterocycles. The number of pyridine rings is 1. The van der Waals surface area contributed by atoms with E-state index >= 15 is 0 Å². The first kappa shape index (κ1) is 25.2. The molecule has 0 amide bonds. The van der Waals surface area contributed by atoms with Gasteiger partial charge in [-0.2, -0.15) is 0 Å². The van der Waals surface area contributed by atoms with E-state index in [2.05, 4.69) is 48.6 Å². The molecule has 1 N–H and O–H groups in total. The van der Waals surface area contributed by atoms with Gasteiger partial charge >= 0.3 is 0 Å². The van der Waals surface area contributed by atoms with Crippen LogP contribution in [0, 0.1) is 11.8 Å². The molecule has 2 aromatic rings. The summed E-state index contributed by atoms with van der Waals surface area (Å²) in [4.78, 5) is 9.70. The van der Waals surface area contributed by atoms with Crippen molar-refractivity contribution in [2.75, 3.05) is 39.8 Å². The Labute approximate surface area is 210 Å². The van der Waals surface area contributed by atoms with Gasteiger partial charge in [-0.05, 0) is 56.1 Å². The van der Waals surface area contributed by atoms with Crippen molar-refractivity contribution in [2.45, 2.75) is 58.4 Å². The largest absolute Gasteiger partial charge is 0.356 e. The first-order valence-corrected chi connectivity index (χ1v) is 12.1. The number of aryl methyl sites for hydroxylation is 1. The second kappa shape index (κ2) is 12.2. The average molecular weight is 554 g/mol. The number of aliphatic imine (C=N–C) groups is 1. The van der Waals surface area contributed by atoms with Crippen molar-refractivity contribution in [3.05, 3.63) is 30.2 Å². The third kappa shape index (κ3) is 6.12. The molecule has 0 bridgehead atoms. The minimum Gasteiger partial charge on any atom is -0.356 e. The summed E-state index contributed by atoms with van der Waals surface area (Å²) in [6.45, 7) is 10.1. The zero-order valence-corrected chi connectivity index (χ0v) is 22.2. The molecular formula is C24H40IN7. The molecule has 3 heterocycles. The van der Waals surface area contributed by atoms with Crippen LogP contribution in [-0.4, -0.2) is 76.2 Å². The highest BCUT2D eigenvalue weighted by Gasteiger charge is 2.29. The molecule has 0 radical (unpaired) electrons. The third-order valence-corrected chi connectivity index (χ3v) is 7.27. The van der Waals surface area contributed by atoms with Crippen LogP contribution in [0.1, 0.15) is 51.8 Å². The summed E-state index contributed by atoms with van der Waals surface area (Å²) in [6, 6.07) is 6.81. The quantitative estimate of drug-likeness (QED) is 0.256. The fourth-order valence-electron chi connectivity index (χ4n) is 5.27. The summed E-state index contributed by atoms with van der Waals surface area (Å²) >= 11 is 0. The molecule has 8 heteroatoms. The van der Waals surface area contributed by atoms with E-state index in [9.17, 15) is 0 Å². The van der Waals surface area contributed by atoms with E-state index in [4.69, 9.17) is 0 Å². The molecule has 0 aromatic carbocycles. The van der Waals surface area contributed by atoms with Gasteiger partial charge in [0.2, 0.25) is 0 Å². The highest BCUT2D eigenvalue weighted by atomic mass is 127. The Kier molecular flexibility index (Phi) is 9.58. The number of nitrogens with zero attached hydrogens (tertiary/aromatic N) is 6. The molecule has 7 nitrogen and oxygen atoms in total. The lowest BCUT2D eigenvalue weighted by Crippen LogP contribution is -2.55. The van der Waals surface area contributed by atoms with Crippen LogP contribution in [0.3, 0.4) is 0 Å². The lowest BCUT2D eigenvalue weighted by atomic mass is 9.79. The first-order valence-electron chi connectivity index (χ1n) is 12.1. The van der Waals surface area contributed by atoms with Gasteiger partial charge in [-0.1, -0.05) is 19.9 Å². The Morgan fingerprint density at radius 1 is 1.09 bits per heavy atom. The number of rotatable bonds is 6. The maximum atomic E-state index is 4.54. The molecular weight excluding hydrogens is 513 g/mol. The van der Waals surface area contributed by atoms with Gasteiger partial charge in [0.05, 0.1) is 0 Å². The predicted octanol–water partition coefficient (Wildman–Crippen LogP) is 3.69. The van der Waals surface area contributed by atoms with E-state index in [0.29, 0.717) is 0 Å². The van der Waals surface area contributed by atoms with Crippen LogP contribution >= 0.6 is 24.0 Å². The molecule has 1 aliphatic heterocycles. The van der Waals surface area contributed by atoms with Crippen molar-refractivity contribution in [3.8, 4) is 0 Å². The average Bonchev–Trinajstić information content (AvgIpc) is 3.22. The molecule has 1 saturated carbocycles. The zero-order valence-electron chi connectivity index (χ0n) is 19.9. The second-order valence-corrected chi connectivity index (χ2v) is 9.46. The normalized spacial score (nSPS) is 22.9. The van der Waals surface area contributed by atoms with Crippen LogP contribution in [-0.2, 0) is 6.42 Å². The van der Waals surface area contributed by atoms with Gasteiger partial charge in [-0.15, -0.1) is 34.2 Å². The highest BCUT2D eigenvalue weighted by Crippen LogP contribution is 2.32. The van der Waals surface area contributed by atoms with Gasteiger partial charge < -0.3 is 10.2 Å². The van der Waals surface area contributed by atoms with Crippen LogP contribution in [0.15, 0.2) is 29.4 Å². The summed E-state index contributed by atoms with van der Waals surface area (Å²) in [6.07, 6.45) is 9.53. The Bertz CT molecular complexity index is 849. The zero-order chi connectivity index (χ0) is 21.6. The highest BCUT2D eigenvalue weighted by molar-refractivity contribution is 14.0. The number of hydrogen-bond donors (Lipinski definition) is 1. The molecule has 1 aliphatic carbocycles. The smallest absolute Gasteiger partial charge is 0.193 e. The van der Waals surface area contributed by atoms with Crippen molar-refractivity contribution >= 4 is 35.6 Å². The van der Waals surface area contributed by atoms with Gasteiger partial charge in [-0.25, -0.2) is 0 Å². The molecule has 0 atom stereocenters. The van der Waals surface area contributed by atoms with Gasteiger partial charge in [0.1, 0.15) is 5.82 Å². The number of aromatic nitrogens is 3. The van der Waals surface area contributed by atoms with Crippen molar-refractivity contribution < 1.29 is 0 Å². The van der Waals surface area contributed by atoms with Gasteiger partial charge in [0.15, 0.2) is 11.6 Å². The summed E-state index contributed by atoms with van der Waals surface area (Å²) in [5.41, 5.74) is 0.914. The van der Waals surface area contributed by atoms with E-state index < -0.39 is 0 Å². The summed E-state index contributed by atoms with van der Waals surface area (Å²) in [5, 5.41) is 12.1. The Morgan fingerprint density at radius 2 is 1.84 bits per heavy atom. The molecule has 2 fully saturated rings. The van der Waals surface area contributed by atoms with Crippen molar-refractivity contribution in [1.29, 1.82) is 0 Å². The Morgan fingerprint density at radius 3 is 2.53 bits per heavy atom. The molecule has 178 valence electrons. The molecule has 32 heavy (non-hydrogen) atoms. The van der Waals surface area contributed by atoms with Crippen LogP contribution in [0.25, 0.3) is 5.65 Å². The summed E-state index contributed by atoms with van der Waals surface area (Å²) in [7, 11) is 1.90. The van der Waals surface area contributed by atoms with Crippen molar-refractivity contribution in [1.82, 2.24) is 29.7 Å². The molecule has 0 unspecified atom stereocenters. The fraction of sp³-hybridized carbons (Fsp3) is 0.708. The predicted molar refractivity (Wildman–Crippen MR) is 142 cm³/mol. The number of nitrogens with one attached hydrogen (secondary N) is 1. The maximum absolute atomic E-state index is 4.54. The summed E-state index contributed by atoms with van der Waals surface area (Å²) in [5.74, 6) is 3.84. The van der Waals surface area contributed by atoms with E-state index in [1.165, 1.54) is 25.7 Å². The Balaban J connectivity index is 0.00000289. The maximum Gasteiger partial charge on any atom is 0.193 e. The van der Waals surface area contributed by atoms with Gasteiger partial charge in [-0.3, -0.25) is 14.3 Å².